The van der Waals surface area contributed by atoms with Crippen molar-refractivity contribution >= 4 is 0 Å². The number of benzene rings is 1. The summed E-state index contributed by atoms with van der Waals surface area (Å²) in [5.41, 5.74) is 1.29. The SMILES string of the molecule is Oc1ccc(CCCC2CO2)cc1. The molecule has 0 saturated carbocycles. The van der Waals surface area contributed by atoms with Gasteiger partial charge in [-0.15, -0.1) is 0 Å². The number of hydrogen-bond acceptors (Lipinski definition) is 2. The molecule has 1 aromatic carbocycles. The Hall–Kier alpha value is -1.02. The molecule has 2 rings (SSSR count). The molecule has 2 heteroatoms. The quantitative estimate of drug-likeness (QED) is 0.716. The molecule has 1 unspecified atom stereocenters. The average molecular weight is 178 g/mol. The zero-order valence-electron chi connectivity index (χ0n) is 7.57. The van der Waals surface area contributed by atoms with Gasteiger partial charge in [0.1, 0.15) is 5.75 Å². The fourth-order valence-corrected chi connectivity index (χ4v) is 1.43. The van der Waals surface area contributed by atoms with Crippen LogP contribution in [0.5, 0.6) is 5.75 Å². The molecule has 0 aliphatic carbocycles. The van der Waals surface area contributed by atoms with Gasteiger partial charge in [-0.2, -0.15) is 0 Å². The third-order valence-electron chi connectivity index (χ3n) is 2.33. The first-order chi connectivity index (χ1) is 6.34. The van der Waals surface area contributed by atoms with Crippen molar-refractivity contribution in [2.24, 2.45) is 0 Å². The van der Waals surface area contributed by atoms with Crippen LogP contribution in [0.25, 0.3) is 0 Å². The molecule has 0 aromatic heterocycles. The first-order valence-electron chi connectivity index (χ1n) is 4.74. The Morgan fingerprint density at radius 2 is 2.00 bits per heavy atom. The Morgan fingerprint density at radius 3 is 2.62 bits per heavy atom. The number of aryl methyl sites for hydroxylation is 1. The van der Waals surface area contributed by atoms with Crippen LogP contribution in [0.3, 0.4) is 0 Å². The van der Waals surface area contributed by atoms with Gasteiger partial charge in [0, 0.05) is 0 Å². The number of phenols is 1. The van der Waals surface area contributed by atoms with Gasteiger partial charge in [-0.3, -0.25) is 0 Å². The van der Waals surface area contributed by atoms with Crippen molar-refractivity contribution in [1.29, 1.82) is 0 Å². The van der Waals surface area contributed by atoms with E-state index in [4.69, 9.17) is 9.84 Å². The summed E-state index contributed by atoms with van der Waals surface area (Å²) in [4.78, 5) is 0. The predicted molar refractivity (Wildman–Crippen MR) is 50.8 cm³/mol. The zero-order valence-corrected chi connectivity index (χ0v) is 7.57. The Bertz CT molecular complexity index is 262. The second-order valence-electron chi connectivity index (χ2n) is 3.51. The minimum Gasteiger partial charge on any atom is -0.508 e. The van der Waals surface area contributed by atoms with E-state index in [1.165, 1.54) is 18.4 Å². The van der Waals surface area contributed by atoms with Gasteiger partial charge in [-0.05, 0) is 37.0 Å². The van der Waals surface area contributed by atoms with Gasteiger partial charge in [0.05, 0.1) is 12.7 Å². The second-order valence-corrected chi connectivity index (χ2v) is 3.51. The van der Waals surface area contributed by atoms with Gasteiger partial charge in [-0.1, -0.05) is 12.1 Å². The van der Waals surface area contributed by atoms with Crippen LogP contribution in [0, 0.1) is 0 Å². The largest absolute Gasteiger partial charge is 0.508 e. The van der Waals surface area contributed by atoms with Crippen LogP contribution in [0.2, 0.25) is 0 Å². The maximum absolute atomic E-state index is 9.06. The number of ether oxygens (including phenoxy) is 1. The Labute approximate surface area is 78.2 Å². The predicted octanol–water partition coefficient (Wildman–Crippen LogP) is 2.11. The van der Waals surface area contributed by atoms with E-state index in [1.807, 2.05) is 12.1 Å². The molecule has 2 nitrogen and oxygen atoms in total. The summed E-state index contributed by atoms with van der Waals surface area (Å²) in [5.74, 6) is 0.342. The molecular weight excluding hydrogens is 164 g/mol. The maximum Gasteiger partial charge on any atom is 0.115 e. The van der Waals surface area contributed by atoms with E-state index < -0.39 is 0 Å². The van der Waals surface area contributed by atoms with E-state index in [0.717, 1.165) is 13.0 Å². The summed E-state index contributed by atoms with van der Waals surface area (Å²) >= 11 is 0. The zero-order chi connectivity index (χ0) is 9.10. The molecule has 1 saturated heterocycles. The summed E-state index contributed by atoms with van der Waals surface area (Å²) in [6, 6.07) is 7.43. The van der Waals surface area contributed by atoms with E-state index in [9.17, 15) is 0 Å². The summed E-state index contributed by atoms with van der Waals surface area (Å²) in [5, 5.41) is 9.06. The van der Waals surface area contributed by atoms with Crippen LogP contribution in [0.15, 0.2) is 24.3 Å². The third-order valence-corrected chi connectivity index (χ3v) is 2.33. The summed E-state index contributed by atoms with van der Waals surface area (Å²) in [6.07, 6.45) is 3.97. The molecule has 1 aromatic rings. The van der Waals surface area contributed by atoms with Gasteiger partial charge in [0.25, 0.3) is 0 Å². The minimum absolute atomic E-state index is 0.342. The molecule has 1 heterocycles. The monoisotopic (exact) mass is 178 g/mol. The molecule has 1 atom stereocenters. The van der Waals surface area contributed by atoms with Crippen LogP contribution in [0.4, 0.5) is 0 Å². The van der Waals surface area contributed by atoms with Crippen molar-refractivity contribution in [3.63, 3.8) is 0 Å². The van der Waals surface area contributed by atoms with Crippen molar-refractivity contribution in [3.8, 4) is 5.75 Å². The average Bonchev–Trinajstić information content (AvgIpc) is 2.92. The number of hydrogen-bond donors (Lipinski definition) is 1. The summed E-state index contributed by atoms with van der Waals surface area (Å²) in [7, 11) is 0. The molecule has 70 valence electrons. The molecule has 0 amide bonds. The Morgan fingerprint density at radius 1 is 1.31 bits per heavy atom. The van der Waals surface area contributed by atoms with E-state index in [-0.39, 0.29) is 0 Å². The van der Waals surface area contributed by atoms with Crippen LogP contribution in [0.1, 0.15) is 18.4 Å². The summed E-state index contributed by atoms with van der Waals surface area (Å²) < 4.78 is 5.13. The fraction of sp³-hybridized carbons (Fsp3) is 0.455. The van der Waals surface area contributed by atoms with Crippen molar-refractivity contribution in [2.75, 3.05) is 6.61 Å². The topological polar surface area (TPSA) is 32.8 Å². The van der Waals surface area contributed by atoms with Gasteiger partial charge >= 0.3 is 0 Å². The Kier molecular flexibility index (Phi) is 2.50. The molecule has 1 N–H and O–H groups in total. The molecule has 1 aliphatic heterocycles. The van der Waals surface area contributed by atoms with E-state index in [1.54, 1.807) is 12.1 Å². The standard InChI is InChI=1S/C11H14O2/c12-10-6-4-9(5-7-10)2-1-3-11-8-13-11/h4-7,11-12H,1-3,8H2. The van der Waals surface area contributed by atoms with Gasteiger partial charge in [-0.25, -0.2) is 0 Å². The lowest BCUT2D eigenvalue weighted by Gasteiger charge is -1.99. The lowest BCUT2D eigenvalue weighted by molar-refractivity contribution is 0.392. The van der Waals surface area contributed by atoms with Crippen LogP contribution in [-0.4, -0.2) is 17.8 Å². The number of epoxide rings is 1. The molecule has 13 heavy (non-hydrogen) atoms. The van der Waals surface area contributed by atoms with Gasteiger partial charge in [0.15, 0.2) is 0 Å². The van der Waals surface area contributed by atoms with Gasteiger partial charge < -0.3 is 9.84 Å². The number of aromatic hydroxyl groups is 1. The smallest absolute Gasteiger partial charge is 0.115 e. The third kappa shape index (κ3) is 2.74. The number of rotatable bonds is 4. The van der Waals surface area contributed by atoms with Crippen LogP contribution >= 0.6 is 0 Å². The van der Waals surface area contributed by atoms with Crippen molar-refractivity contribution < 1.29 is 9.84 Å². The molecule has 0 radical (unpaired) electrons. The van der Waals surface area contributed by atoms with Crippen molar-refractivity contribution in [2.45, 2.75) is 25.4 Å². The molecule has 1 fully saturated rings. The fourth-order valence-electron chi connectivity index (χ4n) is 1.43. The first-order valence-corrected chi connectivity index (χ1v) is 4.74. The highest BCUT2D eigenvalue weighted by atomic mass is 16.6. The van der Waals surface area contributed by atoms with Crippen LogP contribution < -0.4 is 0 Å². The summed E-state index contributed by atoms with van der Waals surface area (Å²) in [6.45, 7) is 0.954. The first kappa shape index (κ1) is 8.57. The van der Waals surface area contributed by atoms with Gasteiger partial charge in [0.2, 0.25) is 0 Å². The van der Waals surface area contributed by atoms with Crippen LogP contribution in [-0.2, 0) is 11.2 Å². The minimum atomic E-state index is 0.342. The van der Waals surface area contributed by atoms with E-state index in [0.29, 0.717) is 11.9 Å². The second kappa shape index (κ2) is 3.79. The number of phenolic OH excluding ortho intramolecular Hbond substituents is 1. The molecule has 0 bridgehead atoms. The van der Waals surface area contributed by atoms with E-state index >= 15 is 0 Å². The van der Waals surface area contributed by atoms with E-state index in [2.05, 4.69) is 0 Å². The molecular formula is C11H14O2. The van der Waals surface area contributed by atoms with Crippen molar-refractivity contribution in [3.05, 3.63) is 29.8 Å². The normalized spacial score (nSPS) is 20.2. The lowest BCUT2D eigenvalue weighted by atomic mass is 10.1. The molecule has 0 spiro atoms. The maximum atomic E-state index is 9.06. The highest BCUT2D eigenvalue weighted by molar-refractivity contribution is 5.25. The lowest BCUT2D eigenvalue weighted by Crippen LogP contribution is -1.89. The highest BCUT2D eigenvalue weighted by Gasteiger charge is 2.20. The Balaban J connectivity index is 1.76. The highest BCUT2D eigenvalue weighted by Crippen LogP contribution is 2.18. The molecule has 1 aliphatic rings. The van der Waals surface area contributed by atoms with Crippen molar-refractivity contribution in [1.82, 2.24) is 0 Å².